The highest BCUT2D eigenvalue weighted by Crippen LogP contribution is 2.36. The first-order valence-corrected chi connectivity index (χ1v) is 7.59. The molecule has 0 radical (unpaired) electrons. The topological polar surface area (TPSA) is 55.6 Å². The third kappa shape index (κ3) is 2.80. The fourth-order valence-corrected chi connectivity index (χ4v) is 3.28. The number of rotatable bonds is 5. The molecule has 3 atom stereocenters. The molecule has 0 aromatic carbocycles. The Morgan fingerprint density at radius 1 is 1.53 bits per heavy atom. The minimum atomic E-state index is 0.225. The van der Waals surface area contributed by atoms with Crippen molar-refractivity contribution in [2.45, 2.75) is 50.4 Å². The van der Waals surface area contributed by atoms with Gasteiger partial charge in [0.2, 0.25) is 0 Å². The molecule has 3 unspecified atom stereocenters. The van der Waals surface area contributed by atoms with E-state index in [-0.39, 0.29) is 6.04 Å². The van der Waals surface area contributed by atoms with Crippen LogP contribution >= 0.6 is 11.8 Å². The fourth-order valence-electron chi connectivity index (χ4n) is 2.50. The molecular formula is C11H21N5S. The predicted molar refractivity (Wildman–Crippen MR) is 70.1 cm³/mol. The molecule has 17 heavy (non-hydrogen) atoms. The third-order valence-corrected chi connectivity index (χ3v) is 4.55. The van der Waals surface area contributed by atoms with Crippen molar-refractivity contribution in [2.75, 3.05) is 12.8 Å². The summed E-state index contributed by atoms with van der Waals surface area (Å²) in [5.74, 6) is 0.971. The molecule has 0 bridgehead atoms. The molecule has 6 heteroatoms. The first-order valence-electron chi connectivity index (χ1n) is 6.30. The zero-order valence-corrected chi connectivity index (χ0v) is 11.6. The monoisotopic (exact) mass is 255 g/mol. The van der Waals surface area contributed by atoms with E-state index in [0.717, 1.165) is 17.6 Å². The van der Waals surface area contributed by atoms with Gasteiger partial charge in [-0.3, -0.25) is 0 Å². The normalized spacial score (nSPS) is 26.3. The van der Waals surface area contributed by atoms with E-state index in [1.54, 1.807) is 0 Å². The van der Waals surface area contributed by atoms with Crippen LogP contribution in [0.25, 0.3) is 0 Å². The van der Waals surface area contributed by atoms with Gasteiger partial charge in [-0.1, -0.05) is 6.92 Å². The van der Waals surface area contributed by atoms with Gasteiger partial charge in [-0.2, -0.15) is 11.8 Å². The Kier molecular flexibility index (Phi) is 4.39. The Morgan fingerprint density at radius 2 is 2.35 bits per heavy atom. The van der Waals surface area contributed by atoms with Gasteiger partial charge >= 0.3 is 0 Å². The minimum absolute atomic E-state index is 0.225. The number of aromatic nitrogens is 4. The van der Waals surface area contributed by atoms with E-state index in [2.05, 4.69) is 40.9 Å². The summed E-state index contributed by atoms with van der Waals surface area (Å²) in [5.41, 5.74) is 0. The highest BCUT2D eigenvalue weighted by Gasteiger charge is 2.29. The van der Waals surface area contributed by atoms with Crippen LogP contribution in [0.4, 0.5) is 0 Å². The summed E-state index contributed by atoms with van der Waals surface area (Å²) in [6, 6.07) is 0.710. The maximum Gasteiger partial charge on any atom is 0.168 e. The van der Waals surface area contributed by atoms with E-state index >= 15 is 0 Å². The van der Waals surface area contributed by atoms with E-state index < -0.39 is 0 Å². The molecule has 1 heterocycles. The van der Waals surface area contributed by atoms with Crippen molar-refractivity contribution in [3.63, 3.8) is 0 Å². The second-order valence-electron chi connectivity index (χ2n) is 4.59. The van der Waals surface area contributed by atoms with Gasteiger partial charge in [0.15, 0.2) is 5.82 Å². The van der Waals surface area contributed by atoms with Crippen molar-refractivity contribution in [2.24, 2.45) is 0 Å². The van der Waals surface area contributed by atoms with Crippen LogP contribution in [0, 0.1) is 0 Å². The lowest BCUT2D eigenvalue weighted by atomic mass is 10.2. The number of thioether (sulfide) groups is 1. The standard InChI is InChI=1S/C11H21N5S/c1-4-12-8(2)11-13-14-15-16(11)9-5-6-10(7-9)17-3/h8-10,12H,4-7H2,1-3H3. The van der Waals surface area contributed by atoms with Gasteiger partial charge in [-0.25, -0.2) is 4.68 Å². The highest BCUT2D eigenvalue weighted by atomic mass is 32.2. The van der Waals surface area contributed by atoms with Crippen LogP contribution in [0.1, 0.15) is 51.0 Å². The van der Waals surface area contributed by atoms with Gasteiger partial charge < -0.3 is 5.32 Å². The van der Waals surface area contributed by atoms with Crippen LogP contribution in [0.15, 0.2) is 0 Å². The molecule has 0 aliphatic heterocycles. The van der Waals surface area contributed by atoms with E-state index in [9.17, 15) is 0 Å². The molecule has 1 N–H and O–H groups in total. The quantitative estimate of drug-likeness (QED) is 0.869. The van der Waals surface area contributed by atoms with E-state index in [1.165, 1.54) is 19.3 Å². The highest BCUT2D eigenvalue weighted by molar-refractivity contribution is 7.99. The number of hydrogen-bond acceptors (Lipinski definition) is 5. The average Bonchev–Trinajstić information content (AvgIpc) is 2.97. The second kappa shape index (κ2) is 5.82. The van der Waals surface area contributed by atoms with Crippen molar-refractivity contribution >= 4 is 11.8 Å². The Bertz CT molecular complexity index is 353. The predicted octanol–water partition coefficient (Wildman–Crippen LogP) is 1.80. The van der Waals surface area contributed by atoms with Gasteiger partial charge in [-0.05, 0) is 49.4 Å². The molecular weight excluding hydrogens is 234 g/mol. The Hall–Kier alpha value is -0.620. The lowest BCUT2D eigenvalue weighted by molar-refractivity contribution is 0.414. The molecule has 96 valence electrons. The molecule has 1 aromatic rings. The molecule has 2 rings (SSSR count). The van der Waals surface area contributed by atoms with Gasteiger partial charge in [0.25, 0.3) is 0 Å². The summed E-state index contributed by atoms with van der Waals surface area (Å²) in [7, 11) is 0. The Morgan fingerprint density at radius 3 is 3.00 bits per heavy atom. The van der Waals surface area contributed by atoms with Gasteiger partial charge in [-0.15, -0.1) is 5.10 Å². The summed E-state index contributed by atoms with van der Waals surface area (Å²) in [5, 5.41) is 16.3. The molecule has 1 aromatic heterocycles. The van der Waals surface area contributed by atoms with Crippen molar-refractivity contribution in [1.82, 2.24) is 25.5 Å². The van der Waals surface area contributed by atoms with Crippen molar-refractivity contribution in [1.29, 1.82) is 0 Å². The smallest absolute Gasteiger partial charge is 0.168 e. The van der Waals surface area contributed by atoms with Gasteiger partial charge in [0, 0.05) is 5.25 Å². The number of nitrogens with zero attached hydrogens (tertiary/aromatic N) is 4. The zero-order valence-electron chi connectivity index (χ0n) is 10.8. The van der Waals surface area contributed by atoms with Crippen LogP contribution in [-0.2, 0) is 0 Å². The molecule has 0 spiro atoms. The van der Waals surface area contributed by atoms with E-state index in [0.29, 0.717) is 6.04 Å². The molecule has 0 saturated heterocycles. The van der Waals surface area contributed by atoms with Crippen LogP contribution in [0.5, 0.6) is 0 Å². The summed E-state index contributed by atoms with van der Waals surface area (Å²) in [4.78, 5) is 0. The fraction of sp³-hybridized carbons (Fsp3) is 0.909. The summed E-state index contributed by atoms with van der Waals surface area (Å²) >= 11 is 1.96. The van der Waals surface area contributed by atoms with Crippen LogP contribution < -0.4 is 5.32 Å². The average molecular weight is 255 g/mol. The maximum absolute atomic E-state index is 4.18. The van der Waals surface area contributed by atoms with Crippen LogP contribution in [0.2, 0.25) is 0 Å². The molecule has 1 aliphatic carbocycles. The van der Waals surface area contributed by atoms with Crippen molar-refractivity contribution in [3.05, 3.63) is 5.82 Å². The lowest BCUT2D eigenvalue weighted by Crippen LogP contribution is -2.23. The largest absolute Gasteiger partial charge is 0.308 e. The van der Waals surface area contributed by atoms with Gasteiger partial charge in [0.05, 0.1) is 12.1 Å². The summed E-state index contributed by atoms with van der Waals surface area (Å²) in [6.07, 6.45) is 5.86. The molecule has 0 amide bonds. The number of tetrazole rings is 1. The third-order valence-electron chi connectivity index (χ3n) is 3.45. The van der Waals surface area contributed by atoms with Crippen LogP contribution in [-0.4, -0.2) is 38.3 Å². The van der Waals surface area contributed by atoms with Crippen LogP contribution in [0.3, 0.4) is 0 Å². The minimum Gasteiger partial charge on any atom is -0.308 e. The molecule has 1 saturated carbocycles. The Balaban J connectivity index is 2.08. The van der Waals surface area contributed by atoms with E-state index in [4.69, 9.17) is 0 Å². The zero-order chi connectivity index (χ0) is 12.3. The molecule has 5 nitrogen and oxygen atoms in total. The summed E-state index contributed by atoms with van der Waals surface area (Å²) in [6.45, 7) is 5.16. The first kappa shape index (κ1) is 12.8. The van der Waals surface area contributed by atoms with E-state index in [1.807, 2.05) is 16.4 Å². The van der Waals surface area contributed by atoms with Crippen molar-refractivity contribution < 1.29 is 0 Å². The molecule has 1 aliphatic rings. The first-order chi connectivity index (χ1) is 8.26. The number of hydrogen-bond donors (Lipinski definition) is 1. The Labute approximate surface area is 107 Å². The number of nitrogens with one attached hydrogen (secondary N) is 1. The van der Waals surface area contributed by atoms with Crippen molar-refractivity contribution in [3.8, 4) is 0 Å². The molecule has 1 fully saturated rings. The lowest BCUT2D eigenvalue weighted by Gasteiger charge is -2.16. The van der Waals surface area contributed by atoms with Gasteiger partial charge in [0.1, 0.15) is 0 Å². The second-order valence-corrected chi connectivity index (χ2v) is 5.72. The summed E-state index contributed by atoms with van der Waals surface area (Å²) < 4.78 is 2.03. The maximum atomic E-state index is 4.18. The SMILES string of the molecule is CCNC(C)c1nnnn1C1CCC(SC)C1.